The molecule has 2 aromatic rings. The summed E-state index contributed by atoms with van der Waals surface area (Å²) in [5, 5.41) is 13.8. The molecule has 0 spiro atoms. The zero-order chi connectivity index (χ0) is 17.8. The Kier molecular flexibility index (Phi) is 4.95. The smallest absolute Gasteiger partial charge is 0.166 e. The fraction of sp³-hybridized carbons (Fsp3) is 0.438. The van der Waals surface area contributed by atoms with Gasteiger partial charge in [-0.3, -0.25) is 5.10 Å². The van der Waals surface area contributed by atoms with Crippen molar-refractivity contribution in [1.29, 1.82) is 0 Å². The molecule has 0 amide bonds. The maximum absolute atomic E-state index is 14.0. The molecule has 132 valence electrons. The normalized spacial score (nSPS) is 16.8. The van der Waals surface area contributed by atoms with E-state index in [1.165, 1.54) is 12.1 Å². The average Bonchev–Trinajstić information content (AvgIpc) is 3.06. The van der Waals surface area contributed by atoms with Gasteiger partial charge in [0.1, 0.15) is 24.3 Å². The Hall–Kier alpha value is -2.93. The monoisotopic (exact) mass is 346 g/mol. The Balaban J connectivity index is 1.82. The van der Waals surface area contributed by atoms with Gasteiger partial charge in [0.2, 0.25) is 0 Å². The number of fused-ring (bicyclic) bond motifs is 1. The zero-order valence-electron chi connectivity index (χ0n) is 14.0. The lowest BCUT2D eigenvalue weighted by atomic mass is 10.1. The number of H-pyrrole nitrogens is 1. The molecule has 2 atom stereocenters. The minimum atomic E-state index is -0.430. The molecule has 8 nitrogen and oxygen atoms in total. The summed E-state index contributed by atoms with van der Waals surface area (Å²) < 4.78 is 25.5. The fourth-order valence-electron chi connectivity index (χ4n) is 2.69. The van der Waals surface area contributed by atoms with E-state index in [0.717, 1.165) is 17.9 Å². The number of nitrogens with zero attached hydrogens (tertiary/aromatic N) is 4. The quantitative estimate of drug-likeness (QED) is 0.472. The molecule has 1 aliphatic rings. The highest BCUT2D eigenvalue weighted by Gasteiger charge is 2.26. The molecular formula is C16H19FN6O2. The van der Waals surface area contributed by atoms with E-state index in [9.17, 15) is 4.39 Å². The first kappa shape index (κ1) is 16.9. The van der Waals surface area contributed by atoms with Crippen LogP contribution in [0.4, 0.5) is 10.2 Å². The topological polar surface area (TPSA) is 108 Å². The van der Waals surface area contributed by atoms with E-state index in [0.29, 0.717) is 17.1 Å². The number of aromatic amines is 1. The summed E-state index contributed by atoms with van der Waals surface area (Å²) in [5.74, 6) is 1.13. The van der Waals surface area contributed by atoms with E-state index in [2.05, 4.69) is 25.5 Å². The van der Waals surface area contributed by atoms with Crippen LogP contribution in [0, 0.1) is 5.82 Å². The van der Waals surface area contributed by atoms with Crippen LogP contribution in [-0.4, -0.2) is 29.5 Å². The Morgan fingerprint density at radius 1 is 1.52 bits per heavy atom. The highest BCUT2D eigenvalue weighted by molar-refractivity contribution is 5.52. The molecule has 9 heteroatoms. The summed E-state index contributed by atoms with van der Waals surface area (Å²) in [6, 6.07) is 4.38. The first-order valence-corrected chi connectivity index (χ1v) is 8.05. The minimum absolute atomic E-state index is 0.129. The van der Waals surface area contributed by atoms with Crippen LogP contribution in [0.2, 0.25) is 0 Å². The summed E-state index contributed by atoms with van der Waals surface area (Å²) in [6.07, 6.45) is 0.395. The molecule has 0 fully saturated rings. The summed E-state index contributed by atoms with van der Waals surface area (Å²) in [6.45, 7) is 4.28. The molecule has 0 radical (unpaired) electrons. The van der Waals surface area contributed by atoms with Crippen molar-refractivity contribution in [3.8, 4) is 11.5 Å². The number of hydrogen-bond acceptors (Lipinski definition) is 5. The number of nitrogens with one attached hydrogen (secondary N) is 2. The van der Waals surface area contributed by atoms with E-state index in [-0.39, 0.29) is 19.2 Å². The van der Waals surface area contributed by atoms with Crippen LogP contribution in [0.15, 0.2) is 23.3 Å². The van der Waals surface area contributed by atoms with Gasteiger partial charge in [-0.15, -0.1) is 0 Å². The lowest BCUT2D eigenvalue weighted by Gasteiger charge is -2.29. The van der Waals surface area contributed by atoms with Crippen molar-refractivity contribution in [1.82, 2.24) is 10.2 Å². The number of halogens is 1. The highest BCUT2D eigenvalue weighted by atomic mass is 19.1. The van der Waals surface area contributed by atoms with Gasteiger partial charge in [-0.2, -0.15) is 5.10 Å². The lowest BCUT2D eigenvalue weighted by molar-refractivity contribution is 0.0950. The SMILES string of the molecule is CCc1cc(NC(C)c2cc(F)cc3c2OC[C@H](CN=[N+]=[N-])O3)[nH]n1. The third kappa shape index (κ3) is 3.77. The fourth-order valence-corrected chi connectivity index (χ4v) is 2.69. The molecular weight excluding hydrogens is 327 g/mol. The molecule has 3 rings (SSSR count). The van der Waals surface area contributed by atoms with Gasteiger partial charge in [-0.05, 0) is 24.9 Å². The summed E-state index contributed by atoms with van der Waals surface area (Å²) >= 11 is 0. The summed E-state index contributed by atoms with van der Waals surface area (Å²) in [5.41, 5.74) is 9.98. The van der Waals surface area contributed by atoms with Crippen LogP contribution in [0.1, 0.15) is 31.1 Å². The molecule has 1 unspecified atom stereocenters. The van der Waals surface area contributed by atoms with Crippen molar-refractivity contribution in [2.45, 2.75) is 32.4 Å². The molecule has 0 saturated carbocycles. The third-order valence-electron chi connectivity index (χ3n) is 3.94. The summed E-state index contributed by atoms with van der Waals surface area (Å²) in [7, 11) is 0. The van der Waals surface area contributed by atoms with Crippen molar-refractivity contribution < 1.29 is 13.9 Å². The first-order valence-electron chi connectivity index (χ1n) is 8.05. The molecule has 1 aromatic carbocycles. The number of anilines is 1. The number of aromatic nitrogens is 2. The van der Waals surface area contributed by atoms with Crippen molar-refractivity contribution in [2.24, 2.45) is 5.11 Å². The van der Waals surface area contributed by atoms with Gasteiger partial charge in [0.25, 0.3) is 0 Å². The average molecular weight is 346 g/mol. The number of rotatable bonds is 6. The zero-order valence-corrected chi connectivity index (χ0v) is 14.0. The second-order valence-electron chi connectivity index (χ2n) is 5.78. The maximum atomic E-state index is 14.0. The molecule has 25 heavy (non-hydrogen) atoms. The Morgan fingerprint density at radius 3 is 3.08 bits per heavy atom. The van der Waals surface area contributed by atoms with Crippen molar-refractivity contribution in [3.63, 3.8) is 0 Å². The molecule has 1 aromatic heterocycles. The van der Waals surface area contributed by atoms with Crippen LogP contribution in [-0.2, 0) is 6.42 Å². The minimum Gasteiger partial charge on any atom is -0.485 e. The van der Waals surface area contributed by atoms with Gasteiger partial charge in [0.15, 0.2) is 11.5 Å². The Morgan fingerprint density at radius 2 is 2.36 bits per heavy atom. The highest BCUT2D eigenvalue weighted by Crippen LogP contribution is 2.40. The molecule has 0 bridgehead atoms. The van der Waals surface area contributed by atoms with E-state index in [1.54, 1.807) is 0 Å². The maximum Gasteiger partial charge on any atom is 0.166 e. The largest absolute Gasteiger partial charge is 0.485 e. The van der Waals surface area contributed by atoms with Crippen LogP contribution in [0.3, 0.4) is 0 Å². The number of benzene rings is 1. The molecule has 2 N–H and O–H groups in total. The second kappa shape index (κ2) is 7.31. The standard InChI is InChI=1S/C16H19FN6O2/c1-3-11-6-15(22-21-11)20-9(2)13-4-10(17)5-14-16(13)24-8-12(25-14)7-19-23-18/h4-6,9,12H,3,7-8H2,1-2H3,(H2,20,21,22)/t9?,12-/m0/s1. The van der Waals surface area contributed by atoms with Gasteiger partial charge >= 0.3 is 0 Å². The van der Waals surface area contributed by atoms with Crippen LogP contribution in [0.5, 0.6) is 11.5 Å². The second-order valence-corrected chi connectivity index (χ2v) is 5.78. The predicted octanol–water partition coefficient (Wildman–Crippen LogP) is 3.73. The van der Waals surface area contributed by atoms with Crippen LogP contribution >= 0.6 is 0 Å². The molecule has 0 aliphatic carbocycles. The van der Waals surface area contributed by atoms with E-state index >= 15 is 0 Å². The molecule has 0 saturated heterocycles. The molecule has 2 heterocycles. The van der Waals surface area contributed by atoms with Crippen molar-refractivity contribution >= 4 is 5.82 Å². The number of aryl methyl sites for hydroxylation is 1. The number of ether oxygens (including phenoxy) is 2. The van der Waals surface area contributed by atoms with Crippen molar-refractivity contribution in [3.05, 3.63) is 45.7 Å². The Labute approximate surface area is 144 Å². The van der Waals surface area contributed by atoms with Crippen molar-refractivity contribution in [2.75, 3.05) is 18.5 Å². The number of azide groups is 1. The predicted molar refractivity (Wildman–Crippen MR) is 90.3 cm³/mol. The van der Waals surface area contributed by atoms with Gasteiger partial charge in [-0.1, -0.05) is 12.0 Å². The first-order chi connectivity index (χ1) is 12.1. The van der Waals surface area contributed by atoms with Gasteiger partial charge < -0.3 is 14.8 Å². The van der Waals surface area contributed by atoms with Gasteiger partial charge in [0.05, 0.1) is 18.3 Å². The van der Waals surface area contributed by atoms with E-state index in [1.807, 2.05) is 19.9 Å². The van der Waals surface area contributed by atoms with E-state index < -0.39 is 11.9 Å². The van der Waals surface area contributed by atoms with Gasteiger partial charge in [-0.25, -0.2) is 4.39 Å². The Bertz CT molecular complexity index is 802. The third-order valence-corrected chi connectivity index (χ3v) is 3.94. The van der Waals surface area contributed by atoms with E-state index in [4.69, 9.17) is 15.0 Å². The summed E-state index contributed by atoms with van der Waals surface area (Å²) in [4.78, 5) is 2.70. The number of hydrogen-bond donors (Lipinski definition) is 2. The van der Waals surface area contributed by atoms with Crippen LogP contribution < -0.4 is 14.8 Å². The molecule has 1 aliphatic heterocycles. The van der Waals surface area contributed by atoms with Gasteiger partial charge in [0, 0.05) is 22.6 Å². The lowest BCUT2D eigenvalue weighted by Crippen LogP contribution is -2.32. The van der Waals surface area contributed by atoms with Crippen LogP contribution in [0.25, 0.3) is 10.4 Å².